The highest BCUT2D eigenvalue weighted by Gasteiger charge is 2.25. The van der Waals surface area contributed by atoms with Crippen molar-refractivity contribution in [2.75, 3.05) is 5.32 Å². The van der Waals surface area contributed by atoms with E-state index in [1.165, 1.54) is 17.7 Å². The number of pyridine rings is 2. The molecule has 32 heavy (non-hydrogen) atoms. The molecule has 0 saturated heterocycles. The van der Waals surface area contributed by atoms with Gasteiger partial charge in [0, 0.05) is 29.2 Å². The first-order chi connectivity index (χ1) is 15.6. The highest BCUT2D eigenvalue weighted by atomic mass is 19.1. The maximum atomic E-state index is 13.8. The van der Waals surface area contributed by atoms with Crippen molar-refractivity contribution >= 4 is 27.5 Å². The number of benzene rings is 2. The highest BCUT2D eigenvalue weighted by molar-refractivity contribution is 5.91. The Hall–Kier alpha value is -3.08. The Balaban J connectivity index is 1.23. The summed E-state index contributed by atoms with van der Waals surface area (Å²) in [5.74, 6) is 1.48. The van der Waals surface area contributed by atoms with E-state index in [1.807, 2.05) is 12.3 Å². The third-order valence-electron chi connectivity index (χ3n) is 6.82. The van der Waals surface area contributed by atoms with Crippen LogP contribution in [0, 0.1) is 17.6 Å². The van der Waals surface area contributed by atoms with E-state index in [0.29, 0.717) is 11.8 Å². The zero-order valence-electron chi connectivity index (χ0n) is 18.2. The number of nitrogens with one attached hydrogen (secondary N) is 1. The van der Waals surface area contributed by atoms with Crippen molar-refractivity contribution in [1.82, 2.24) is 9.97 Å². The van der Waals surface area contributed by atoms with Crippen molar-refractivity contribution in [1.29, 1.82) is 0 Å². The van der Waals surface area contributed by atoms with Crippen LogP contribution in [-0.4, -0.2) is 16.0 Å². The number of hydrogen-bond acceptors (Lipinski definition) is 3. The Morgan fingerprint density at radius 2 is 1.62 bits per heavy atom. The van der Waals surface area contributed by atoms with Gasteiger partial charge in [0.05, 0.1) is 5.52 Å². The molecule has 1 aliphatic carbocycles. The average molecular weight is 432 g/mol. The van der Waals surface area contributed by atoms with Crippen LogP contribution in [0.25, 0.3) is 21.7 Å². The summed E-state index contributed by atoms with van der Waals surface area (Å²) >= 11 is 0. The molecule has 5 heteroatoms. The predicted octanol–water partition coefficient (Wildman–Crippen LogP) is 7.23. The maximum absolute atomic E-state index is 13.8. The SMILES string of the molecule is C[C@H](CC1CCC(c2ccnc3ccc(F)cc23)CC1)Nc1nccc2cc(F)ccc12. The molecule has 2 heterocycles. The smallest absolute Gasteiger partial charge is 0.134 e. The summed E-state index contributed by atoms with van der Waals surface area (Å²) in [6.45, 7) is 2.19. The number of rotatable bonds is 5. The van der Waals surface area contributed by atoms with Crippen LogP contribution in [0.4, 0.5) is 14.6 Å². The summed E-state index contributed by atoms with van der Waals surface area (Å²) in [6, 6.07) is 13.9. The molecule has 0 unspecified atom stereocenters. The molecule has 0 radical (unpaired) electrons. The molecule has 0 bridgehead atoms. The van der Waals surface area contributed by atoms with Crippen LogP contribution in [0.5, 0.6) is 0 Å². The van der Waals surface area contributed by atoms with Crippen molar-refractivity contribution in [3.8, 4) is 0 Å². The summed E-state index contributed by atoms with van der Waals surface area (Å²) in [5, 5.41) is 6.29. The lowest BCUT2D eigenvalue weighted by Gasteiger charge is -2.31. The molecule has 0 amide bonds. The maximum Gasteiger partial charge on any atom is 0.134 e. The molecule has 2 aromatic heterocycles. The lowest BCUT2D eigenvalue weighted by atomic mass is 9.76. The number of anilines is 1. The van der Waals surface area contributed by atoms with Crippen molar-refractivity contribution in [3.05, 3.63) is 78.1 Å². The molecule has 1 atom stereocenters. The Kier molecular flexibility index (Phi) is 5.73. The van der Waals surface area contributed by atoms with E-state index in [1.54, 1.807) is 30.5 Å². The molecular formula is C27H27F2N3. The predicted molar refractivity (Wildman–Crippen MR) is 126 cm³/mol. The van der Waals surface area contributed by atoms with E-state index >= 15 is 0 Å². The zero-order chi connectivity index (χ0) is 22.1. The van der Waals surface area contributed by atoms with Crippen molar-refractivity contribution in [2.24, 2.45) is 5.92 Å². The van der Waals surface area contributed by atoms with Gasteiger partial charge in [0.15, 0.2) is 0 Å². The number of halogens is 2. The van der Waals surface area contributed by atoms with Gasteiger partial charge < -0.3 is 5.32 Å². The average Bonchev–Trinajstić information content (AvgIpc) is 2.79. The van der Waals surface area contributed by atoms with Gasteiger partial charge in [-0.15, -0.1) is 0 Å². The Morgan fingerprint density at radius 3 is 2.47 bits per heavy atom. The van der Waals surface area contributed by atoms with Crippen molar-refractivity contribution < 1.29 is 8.78 Å². The molecule has 0 spiro atoms. The molecular weight excluding hydrogens is 404 g/mol. The molecule has 1 aliphatic rings. The van der Waals surface area contributed by atoms with Crippen LogP contribution in [0.1, 0.15) is 50.5 Å². The fraction of sp³-hybridized carbons (Fsp3) is 0.333. The van der Waals surface area contributed by atoms with Crippen LogP contribution in [0.2, 0.25) is 0 Å². The Bertz CT molecular complexity index is 1250. The van der Waals surface area contributed by atoms with Crippen molar-refractivity contribution in [3.63, 3.8) is 0 Å². The van der Waals surface area contributed by atoms with Gasteiger partial charge in [-0.2, -0.15) is 0 Å². The van der Waals surface area contributed by atoms with E-state index in [9.17, 15) is 8.78 Å². The quantitative estimate of drug-likeness (QED) is 0.362. The van der Waals surface area contributed by atoms with Crippen LogP contribution >= 0.6 is 0 Å². The second-order valence-electron chi connectivity index (χ2n) is 9.09. The van der Waals surface area contributed by atoms with E-state index < -0.39 is 0 Å². The van der Waals surface area contributed by atoms with Crippen LogP contribution in [0.15, 0.2) is 60.9 Å². The van der Waals surface area contributed by atoms with Gasteiger partial charge in [-0.3, -0.25) is 4.98 Å². The molecule has 3 nitrogen and oxygen atoms in total. The van der Waals surface area contributed by atoms with Gasteiger partial charge >= 0.3 is 0 Å². The first-order valence-electron chi connectivity index (χ1n) is 11.4. The molecule has 4 aromatic rings. The first-order valence-corrected chi connectivity index (χ1v) is 11.4. The van der Waals surface area contributed by atoms with Crippen molar-refractivity contribution in [2.45, 2.75) is 51.0 Å². The second-order valence-corrected chi connectivity index (χ2v) is 9.09. The Labute approximate surface area is 186 Å². The highest BCUT2D eigenvalue weighted by Crippen LogP contribution is 2.40. The van der Waals surface area contributed by atoms with Gasteiger partial charge in [0.2, 0.25) is 0 Å². The monoisotopic (exact) mass is 431 g/mol. The molecule has 2 aromatic carbocycles. The summed E-state index contributed by atoms with van der Waals surface area (Å²) < 4.78 is 27.4. The zero-order valence-corrected chi connectivity index (χ0v) is 18.2. The molecule has 164 valence electrons. The second kappa shape index (κ2) is 8.81. The summed E-state index contributed by atoms with van der Waals surface area (Å²) in [5.41, 5.74) is 2.10. The largest absolute Gasteiger partial charge is 0.367 e. The lowest BCUT2D eigenvalue weighted by Crippen LogP contribution is -2.23. The van der Waals surface area contributed by atoms with Crippen LogP contribution in [0.3, 0.4) is 0 Å². The van der Waals surface area contributed by atoms with E-state index in [4.69, 9.17) is 0 Å². The number of hydrogen-bond donors (Lipinski definition) is 1. The van der Waals surface area contributed by atoms with E-state index in [0.717, 1.165) is 59.6 Å². The fourth-order valence-corrected chi connectivity index (χ4v) is 5.26. The molecule has 1 N–H and O–H groups in total. The Morgan fingerprint density at radius 1 is 0.875 bits per heavy atom. The number of nitrogens with zero attached hydrogens (tertiary/aromatic N) is 2. The first kappa shape index (κ1) is 20.8. The topological polar surface area (TPSA) is 37.8 Å². The van der Waals surface area contributed by atoms with E-state index in [2.05, 4.69) is 28.3 Å². The standard InChI is InChI=1S/C27H27F2N3/c1-17(32-27-24-8-6-21(28)15-20(24)10-12-31-27)14-18-2-4-19(5-3-18)23-11-13-30-26-9-7-22(29)16-25(23)26/h6-13,15-19H,2-5,14H2,1H3,(H,31,32)/t17-,18?,19?/m1/s1. The normalized spacial score (nSPS) is 19.8. The molecule has 1 saturated carbocycles. The van der Waals surface area contributed by atoms with Crippen LogP contribution in [-0.2, 0) is 0 Å². The summed E-state index contributed by atoms with van der Waals surface area (Å²) in [7, 11) is 0. The van der Waals surface area contributed by atoms with Gasteiger partial charge in [-0.05, 0) is 110 Å². The minimum atomic E-state index is -0.232. The third kappa shape index (κ3) is 4.29. The molecule has 1 fully saturated rings. The van der Waals surface area contributed by atoms with Gasteiger partial charge in [0.25, 0.3) is 0 Å². The summed E-state index contributed by atoms with van der Waals surface area (Å²) in [4.78, 5) is 8.88. The third-order valence-corrected chi connectivity index (χ3v) is 6.82. The number of fused-ring (bicyclic) bond motifs is 2. The van der Waals surface area contributed by atoms with Crippen LogP contribution < -0.4 is 5.32 Å². The molecule has 0 aliphatic heterocycles. The fourth-order valence-electron chi connectivity index (χ4n) is 5.26. The minimum absolute atomic E-state index is 0.204. The van der Waals surface area contributed by atoms with E-state index in [-0.39, 0.29) is 17.7 Å². The minimum Gasteiger partial charge on any atom is -0.367 e. The molecule has 5 rings (SSSR count). The van der Waals surface area contributed by atoms with Gasteiger partial charge in [-0.25, -0.2) is 13.8 Å². The lowest BCUT2D eigenvalue weighted by molar-refractivity contribution is 0.302. The van der Waals surface area contributed by atoms with Gasteiger partial charge in [0.1, 0.15) is 17.5 Å². The summed E-state index contributed by atoms with van der Waals surface area (Å²) in [6.07, 6.45) is 9.17. The van der Waals surface area contributed by atoms with Gasteiger partial charge in [-0.1, -0.05) is 0 Å². The number of aromatic nitrogens is 2.